The van der Waals surface area contributed by atoms with Gasteiger partial charge in [-0.15, -0.1) is 0 Å². The summed E-state index contributed by atoms with van der Waals surface area (Å²) in [7, 11) is 0. The highest BCUT2D eigenvalue weighted by Gasteiger charge is 2.35. The number of hydrogen-bond acceptors (Lipinski definition) is 4. The Morgan fingerprint density at radius 2 is 1.55 bits per heavy atom. The van der Waals surface area contributed by atoms with E-state index >= 15 is 0 Å². The second-order valence-electron chi connectivity index (χ2n) is 6.77. The van der Waals surface area contributed by atoms with Crippen LogP contribution >= 0.6 is 0 Å². The summed E-state index contributed by atoms with van der Waals surface area (Å²) in [6.07, 6.45) is 0. The highest BCUT2D eigenvalue weighted by molar-refractivity contribution is 6.21. The van der Waals surface area contributed by atoms with Gasteiger partial charge in [-0.1, -0.05) is 36.4 Å². The smallest absolute Gasteiger partial charge is 0.387 e. The number of rotatable bonds is 6. The SMILES string of the molecule is O=C(Nc1ccccc1OC(F)F)c1cccc(CN2C(=O)c3ccccc3C2=O)c1. The Bertz CT molecular complexity index is 1140. The van der Waals surface area contributed by atoms with E-state index < -0.39 is 24.3 Å². The summed E-state index contributed by atoms with van der Waals surface area (Å²) in [4.78, 5) is 38.9. The third kappa shape index (κ3) is 4.13. The van der Waals surface area contributed by atoms with E-state index in [0.29, 0.717) is 16.7 Å². The number of halogens is 2. The number of ether oxygens (including phenoxy) is 1. The molecule has 31 heavy (non-hydrogen) atoms. The molecule has 8 heteroatoms. The summed E-state index contributed by atoms with van der Waals surface area (Å²) in [6.45, 7) is -3.03. The molecule has 4 rings (SSSR count). The average molecular weight is 422 g/mol. The van der Waals surface area contributed by atoms with Crippen molar-refractivity contribution in [2.45, 2.75) is 13.2 Å². The van der Waals surface area contributed by atoms with Crippen molar-refractivity contribution in [2.24, 2.45) is 0 Å². The largest absolute Gasteiger partial charge is 0.433 e. The molecular formula is C23H16F2N2O4. The number of anilines is 1. The molecule has 0 bridgehead atoms. The quantitative estimate of drug-likeness (QED) is 0.600. The van der Waals surface area contributed by atoms with E-state index in [1.807, 2.05) is 0 Å². The fourth-order valence-electron chi connectivity index (χ4n) is 3.34. The number of carbonyl (C=O) groups excluding carboxylic acids is 3. The number of alkyl halides is 2. The van der Waals surface area contributed by atoms with Crippen molar-refractivity contribution in [3.8, 4) is 5.75 Å². The maximum absolute atomic E-state index is 12.6. The molecule has 3 aromatic carbocycles. The highest BCUT2D eigenvalue weighted by Crippen LogP contribution is 2.27. The van der Waals surface area contributed by atoms with Gasteiger partial charge >= 0.3 is 6.61 Å². The Labute approximate surface area is 176 Å². The molecule has 0 radical (unpaired) electrons. The van der Waals surface area contributed by atoms with Crippen LogP contribution in [0.15, 0.2) is 72.8 Å². The molecule has 0 spiro atoms. The minimum Gasteiger partial charge on any atom is -0.433 e. The molecule has 3 amide bonds. The van der Waals surface area contributed by atoms with Gasteiger partial charge in [-0.05, 0) is 42.0 Å². The van der Waals surface area contributed by atoms with Crippen molar-refractivity contribution in [3.05, 3.63) is 95.1 Å². The first-order valence-corrected chi connectivity index (χ1v) is 9.33. The Morgan fingerprint density at radius 3 is 2.23 bits per heavy atom. The van der Waals surface area contributed by atoms with E-state index in [2.05, 4.69) is 10.1 Å². The van der Waals surface area contributed by atoms with Gasteiger partial charge < -0.3 is 10.1 Å². The van der Waals surface area contributed by atoms with Crippen LogP contribution in [-0.2, 0) is 6.54 Å². The fourth-order valence-corrected chi connectivity index (χ4v) is 3.34. The van der Waals surface area contributed by atoms with Crippen LogP contribution in [0.2, 0.25) is 0 Å². The third-order valence-electron chi connectivity index (χ3n) is 4.76. The molecule has 0 unspecified atom stereocenters. The summed E-state index contributed by atoms with van der Waals surface area (Å²) in [6, 6.07) is 18.8. The van der Waals surface area contributed by atoms with Gasteiger partial charge in [-0.25, -0.2) is 0 Å². The second kappa shape index (κ2) is 8.35. The lowest BCUT2D eigenvalue weighted by Crippen LogP contribution is -2.29. The van der Waals surface area contributed by atoms with E-state index in [4.69, 9.17) is 0 Å². The zero-order valence-electron chi connectivity index (χ0n) is 16.0. The van der Waals surface area contributed by atoms with Crippen molar-refractivity contribution in [1.82, 2.24) is 4.90 Å². The van der Waals surface area contributed by atoms with Gasteiger partial charge in [-0.2, -0.15) is 8.78 Å². The van der Waals surface area contributed by atoms with Crippen LogP contribution in [0.25, 0.3) is 0 Å². The summed E-state index contributed by atoms with van der Waals surface area (Å²) in [5.41, 5.74) is 1.59. The van der Waals surface area contributed by atoms with Gasteiger partial charge in [0.15, 0.2) is 0 Å². The standard InChI is InChI=1S/C23H16F2N2O4/c24-23(25)31-19-11-4-3-10-18(19)26-20(28)15-7-5-6-14(12-15)13-27-21(29)16-8-1-2-9-17(16)22(27)30/h1-12,23H,13H2,(H,26,28). The minimum absolute atomic E-state index is 0.00144. The topological polar surface area (TPSA) is 75.7 Å². The zero-order chi connectivity index (χ0) is 22.0. The van der Waals surface area contributed by atoms with E-state index in [1.165, 1.54) is 30.3 Å². The van der Waals surface area contributed by atoms with Crippen LogP contribution < -0.4 is 10.1 Å². The van der Waals surface area contributed by atoms with Crippen LogP contribution in [0.1, 0.15) is 36.6 Å². The first-order valence-electron chi connectivity index (χ1n) is 9.33. The number of nitrogens with one attached hydrogen (secondary N) is 1. The Hall–Kier alpha value is -4.07. The van der Waals surface area contributed by atoms with Gasteiger partial charge in [0.1, 0.15) is 5.75 Å². The first-order chi connectivity index (χ1) is 14.9. The maximum Gasteiger partial charge on any atom is 0.387 e. The van der Waals surface area contributed by atoms with Crippen LogP contribution in [0.5, 0.6) is 5.75 Å². The van der Waals surface area contributed by atoms with Gasteiger partial charge in [0.25, 0.3) is 17.7 Å². The predicted molar refractivity (Wildman–Crippen MR) is 108 cm³/mol. The monoisotopic (exact) mass is 422 g/mol. The van der Waals surface area contributed by atoms with Gasteiger partial charge in [0, 0.05) is 5.56 Å². The van der Waals surface area contributed by atoms with Crippen LogP contribution in [-0.4, -0.2) is 29.2 Å². The normalized spacial score (nSPS) is 12.8. The molecule has 1 aliphatic rings. The molecule has 0 atom stereocenters. The minimum atomic E-state index is -3.03. The Morgan fingerprint density at radius 1 is 0.903 bits per heavy atom. The van der Waals surface area contributed by atoms with Crippen molar-refractivity contribution in [3.63, 3.8) is 0 Å². The summed E-state index contributed by atoms with van der Waals surface area (Å²) in [5.74, 6) is -1.50. The van der Waals surface area contributed by atoms with Gasteiger partial charge in [0.2, 0.25) is 0 Å². The summed E-state index contributed by atoms with van der Waals surface area (Å²) >= 11 is 0. The Kier molecular flexibility index (Phi) is 5.44. The van der Waals surface area contributed by atoms with Crippen molar-refractivity contribution in [2.75, 3.05) is 5.32 Å². The molecular weight excluding hydrogens is 406 g/mol. The highest BCUT2D eigenvalue weighted by atomic mass is 19.3. The number of imide groups is 1. The molecule has 0 fully saturated rings. The van der Waals surface area contributed by atoms with Gasteiger partial charge in [-0.3, -0.25) is 19.3 Å². The van der Waals surface area contributed by atoms with Crippen LogP contribution in [0.3, 0.4) is 0 Å². The lowest BCUT2D eigenvalue weighted by atomic mass is 10.1. The molecule has 3 aromatic rings. The lowest BCUT2D eigenvalue weighted by Gasteiger charge is -2.15. The Balaban J connectivity index is 1.51. The van der Waals surface area contributed by atoms with Crippen molar-refractivity contribution in [1.29, 1.82) is 0 Å². The van der Waals surface area contributed by atoms with E-state index in [-0.39, 0.29) is 23.5 Å². The molecule has 0 aromatic heterocycles. The van der Waals surface area contributed by atoms with Gasteiger partial charge in [0.05, 0.1) is 23.4 Å². The van der Waals surface area contributed by atoms with Crippen molar-refractivity contribution >= 4 is 23.4 Å². The number of fused-ring (bicyclic) bond motifs is 1. The van der Waals surface area contributed by atoms with Crippen LogP contribution in [0, 0.1) is 0 Å². The number of benzene rings is 3. The fraction of sp³-hybridized carbons (Fsp3) is 0.0870. The van der Waals surface area contributed by atoms with Crippen molar-refractivity contribution < 1.29 is 27.9 Å². The van der Waals surface area contributed by atoms with E-state index in [9.17, 15) is 23.2 Å². The number of para-hydroxylation sites is 2. The molecule has 156 valence electrons. The predicted octanol–water partition coefficient (Wildman–Crippen LogP) is 4.34. The molecule has 0 aliphatic carbocycles. The maximum atomic E-state index is 12.6. The summed E-state index contributed by atoms with van der Waals surface area (Å²) in [5, 5.41) is 2.54. The first kappa shape index (κ1) is 20.2. The van der Waals surface area contributed by atoms with E-state index in [0.717, 1.165) is 4.90 Å². The van der Waals surface area contributed by atoms with E-state index in [1.54, 1.807) is 42.5 Å². The third-order valence-corrected chi connectivity index (χ3v) is 4.76. The molecule has 1 heterocycles. The average Bonchev–Trinajstić information content (AvgIpc) is 3.00. The molecule has 1 N–H and O–H groups in total. The summed E-state index contributed by atoms with van der Waals surface area (Å²) < 4.78 is 29.6. The van der Waals surface area contributed by atoms with Crippen LogP contribution in [0.4, 0.5) is 14.5 Å². The number of hydrogen-bond donors (Lipinski definition) is 1. The number of amides is 3. The molecule has 0 saturated heterocycles. The number of nitrogens with zero attached hydrogens (tertiary/aromatic N) is 1. The molecule has 1 aliphatic heterocycles. The number of carbonyl (C=O) groups is 3. The zero-order valence-corrected chi connectivity index (χ0v) is 16.0. The second-order valence-corrected chi connectivity index (χ2v) is 6.77. The molecule has 6 nitrogen and oxygen atoms in total. The lowest BCUT2D eigenvalue weighted by molar-refractivity contribution is -0.0493. The molecule has 0 saturated carbocycles.